The second-order valence-corrected chi connectivity index (χ2v) is 36.6. The Balaban J connectivity index is 0.885. The molecule has 0 aromatic carbocycles. The van der Waals surface area contributed by atoms with Gasteiger partial charge in [-0.2, -0.15) is 0 Å². The number of nitrogens with one attached hydrogen (secondary N) is 4. The van der Waals surface area contributed by atoms with E-state index in [0.29, 0.717) is 0 Å². The van der Waals surface area contributed by atoms with Crippen molar-refractivity contribution in [3.05, 3.63) is 0 Å². The highest BCUT2D eigenvalue weighted by Crippen LogP contribution is 2.43. The van der Waals surface area contributed by atoms with Gasteiger partial charge in [-0.25, -0.2) is 0 Å². The number of carbonyl (C=O) groups is 4. The minimum atomic E-state index is -2.73. The predicted molar refractivity (Wildman–Crippen MR) is 439 cm³/mol. The lowest BCUT2D eigenvalue weighted by atomic mass is 9.93. The third kappa shape index (κ3) is 25.8. The number of aliphatic hydroxyl groups excluding tert-OH is 32. The van der Waals surface area contributed by atoms with Crippen molar-refractivity contribution in [2.75, 3.05) is 66.1 Å². The number of rotatable bonds is 36. The van der Waals surface area contributed by atoms with E-state index in [1.165, 1.54) is 13.8 Å². The maximum atomic E-state index is 13.7. The summed E-state index contributed by atoms with van der Waals surface area (Å²) in [5.74, 6) is -4.00. The lowest BCUT2D eigenvalue weighted by Gasteiger charge is -2.52. The molecule has 0 unspecified atom stereocenters. The van der Waals surface area contributed by atoms with Gasteiger partial charge >= 0.3 is 0 Å². The van der Waals surface area contributed by atoms with Crippen LogP contribution in [0.25, 0.3) is 0 Å². The summed E-state index contributed by atoms with van der Waals surface area (Å²) in [6.45, 7) is -5.55. The van der Waals surface area contributed by atoms with Gasteiger partial charge in [-0.3, -0.25) is 19.2 Å². The Morgan fingerprint density at radius 3 is 0.874 bits per heavy atom. The first-order valence-corrected chi connectivity index (χ1v) is 45.9. The van der Waals surface area contributed by atoms with E-state index >= 15 is 0 Å². The van der Waals surface area contributed by atoms with E-state index in [-0.39, 0.29) is 0 Å². The number of amides is 4. The molecule has 12 rings (SSSR count). The third-order valence-electron chi connectivity index (χ3n) is 26.6. The zero-order valence-electron chi connectivity index (χ0n) is 77.0. The van der Waals surface area contributed by atoms with Crippen LogP contribution in [0.2, 0.25) is 0 Å². The third-order valence-corrected chi connectivity index (χ3v) is 26.6. The van der Waals surface area contributed by atoms with Gasteiger partial charge < -0.3 is 294 Å². The van der Waals surface area contributed by atoms with Crippen LogP contribution in [-0.2, 0) is 128 Å². The fraction of sp³-hybridized carbons (Fsp3) is 0.950. The van der Waals surface area contributed by atoms with Gasteiger partial charge in [-0.05, 0) is 13.8 Å². The molecule has 828 valence electrons. The van der Waals surface area contributed by atoms with Crippen LogP contribution in [0.15, 0.2) is 0 Å². The minimum Gasteiger partial charge on any atom is -0.394 e. The van der Waals surface area contributed by atoms with Crippen molar-refractivity contribution < 1.29 is 292 Å². The highest BCUT2D eigenvalue weighted by molar-refractivity contribution is 5.74. The SMILES string of the molecule is CC(=O)N[C@@H]1[C@H](O[C@@H]2[C@@H](O[C@@H]3[C@H](O)[C@H](O[C@H]4[C@H](O)[C@@H](NC(C)=O)[C@H](O[C@H]5[C@H](O)[C@@H](NC(C)=O)[C@H](O)O[C@@H]5CO[C@@H]5O[C@@H](C)[C@@H](O)[C@@H](O)[C@@H]5O)O[C@@H]4CO)O[C@H](CO[C@H]4O[C@H](CO)[C@@H](O)[C@H](O)[C@@H]4O[C@@H]4O[C@H](CO)[C@@H](O[C@@H]5O[C@H](CO)[C@H](O)[C@H](O[C@H]6O[C@H](CO)[C@H](O)[C@H](O)[C@H]6O)[C@H]5O)[C@H](O)[C@H]4NC(C)=O)[C@H]3O)O[C@H](CO)[C@@H](O)[C@@H]2O)O[C@H](CO)[C@@H](O[C@@H]2O[C@H](CO)[C@H](O)[C@H](O)[C@H]2O)[C@@H]1O[C@@H]1O[C@@H](C)[C@@H](O)[C@@H](O)[C@@H]1O. The van der Waals surface area contributed by atoms with Crippen LogP contribution in [0.4, 0.5) is 0 Å². The molecule has 0 aromatic heterocycles. The number of aliphatic hydroxyl groups is 32. The smallest absolute Gasteiger partial charge is 0.217 e. The van der Waals surface area contributed by atoms with Crippen molar-refractivity contribution in [2.45, 2.75) is 410 Å². The standard InChI is InChI=1S/C80H134N4O59/c1-17-37(97)48(108)54(114)73(123-17)121-16-32-62(45(105)33(69(120)125-32)81-19(3)93)135-70-34(82-20(4)94)46(106)61(28(12-90)131-70)137-78-59(119)66(141-80-68(53(113)42(102)26(10-88)130-80)143-72-36(84-22(6)96)64(139-74-55(115)49(109)38(98)18(2)124-74)63(30(14-92)133-72)138-75-56(116)50(110)39(99)23(7-85)126-75)44(104)31(134-78)15-122-79-67(52(112)41(101)25(9-87)129-79)142-71-35(83-21(5)95)47(107)60(29(13-91)132-71)136-77-58(118)65(43(103)27(11-89)128-77)140-76-57(117)51(111)40(100)24(8-86)127-76/h17-18,23-80,85-92,97-120H,7-16H2,1-6H3,(H,81,93)(H,82,94)(H,83,95)(H,84,96)/t17-,18-,23+,24+,25+,26+,27+,28+,29+,30+,31+,32+,33+,34+,35+,36-,37+,38+,39-,40-,41+,42+,43-,44+,45+,46+,47+,48+,49+,50-,51-,52-,53-,54-,55-,56+,57+,58+,59-,60+,61+,62+,63+,64+,65-,66-,67-,68-,69+,70-,71-,72-,73+,74-,75-,76+,77-,78-,79-,80+/m0/s1. The van der Waals surface area contributed by atoms with E-state index in [4.69, 9.17) is 109 Å². The van der Waals surface area contributed by atoms with E-state index in [0.717, 1.165) is 27.7 Å². The molecule has 36 N–H and O–H groups in total. The first-order valence-electron chi connectivity index (χ1n) is 45.9. The Labute approximate surface area is 809 Å². The zero-order valence-corrected chi connectivity index (χ0v) is 77.0. The molecule has 0 spiro atoms. The van der Waals surface area contributed by atoms with Crippen LogP contribution < -0.4 is 21.3 Å². The largest absolute Gasteiger partial charge is 0.394 e. The van der Waals surface area contributed by atoms with Gasteiger partial charge in [0, 0.05) is 27.7 Å². The predicted octanol–water partition coefficient (Wildman–Crippen LogP) is -24.5. The van der Waals surface area contributed by atoms with Crippen molar-refractivity contribution in [1.82, 2.24) is 21.3 Å². The summed E-state index contributed by atoms with van der Waals surface area (Å²) in [6.07, 6.45) is -120. The quantitative estimate of drug-likeness (QED) is 0.0277. The summed E-state index contributed by atoms with van der Waals surface area (Å²) in [7, 11) is 0. The molecule has 12 aliphatic heterocycles. The van der Waals surface area contributed by atoms with Crippen molar-refractivity contribution in [2.24, 2.45) is 0 Å². The Morgan fingerprint density at radius 1 is 0.196 bits per heavy atom. The van der Waals surface area contributed by atoms with Crippen molar-refractivity contribution >= 4 is 23.6 Å². The van der Waals surface area contributed by atoms with Crippen LogP contribution >= 0.6 is 0 Å². The van der Waals surface area contributed by atoms with E-state index in [2.05, 4.69) is 21.3 Å². The highest BCUT2D eigenvalue weighted by atomic mass is 16.8. The molecule has 0 bridgehead atoms. The lowest BCUT2D eigenvalue weighted by molar-refractivity contribution is -0.403. The summed E-state index contributed by atoms with van der Waals surface area (Å²) in [5, 5.41) is 370. The number of carbonyl (C=O) groups excluding carboxylic acids is 4. The van der Waals surface area contributed by atoms with E-state index in [9.17, 15) is 183 Å². The maximum absolute atomic E-state index is 13.7. The van der Waals surface area contributed by atoms with E-state index < -0.39 is 458 Å². The van der Waals surface area contributed by atoms with Crippen LogP contribution in [0.5, 0.6) is 0 Å². The van der Waals surface area contributed by atoms with Gasteiger partial charge in [0.15, 0.2) is 75.5 Å². The first-order chi connectivity index (χ1) is 67.6. The van der Waals surface area contributed by atoms with Gasteiger partial charge in [0.1, 0.15) is 281 Å². The molecule has 0 saturated carbocycles. The molecule has 63 heteroatoms. The van der Waals surface area contributed by atoms with Gasteiger partial charge in [0.25, 0.3) is 0 Å². The summed E-state index contributed by atoms with van der Waals surface area (Å²) < 4.78 is 138. The topological polar surface area (TPSA) is 976 Å². The second-order valence-electron chi connectivity index (χ2n) is 36.6. The van der Waals surface area contributed by atoms with Gasteiger partial charge in [-0.1, -0.05) is 0 Å². The summed E-state index contributed by atoms with van der Waals surface area (Å²) in [4.78, 5) is 52.9. The molecule has 0 radical (unpaired) electrons. The van der Waals surface area contributed by atoms with Crippen molar-refractivity contribution in [3.8, 4) is 0 Å². The molecule has 12 aliphatic rings. The molecule has 63 nitrogen and oxygen atoms in total. The van der Waals surface area contributed by atoms with Gasteiger partial charge in [-0.15, -0.1) is 0 Å². The molecule has 12 heterocycles. The van der Waals surface area contributed by atoms with Crippen LogP contribution in [0.1, 0.15) is 41.5 Å². The minimum absolute atomic E-state index is 0.874. The molecule has 4 amide bonds. The molecule has 0 aromatic rings. The van der Waals surface area contributed by atoms with Crippen LogP contribution in [0, 0.1) is 0 Å². The second kappa shape index (κ2) is 51.0. The number of hydrogen-bond donors (Lipinski definition) is 36. The van der Waals surface area contributed by atoms with Crippen molar-refractivity contribution in [1.29, 1.82) is 0 Å². The average Bonchev–Trinajstić information content (AvgIpc) is 0.778. The molecule has 143 heavy (non-hydrogen) atoms. The van der Waals surface area contributed by atoms with Crippen LogP contribution in [0.3, 0.4) is 0 Å². The average molecular weight is 2100 g/mol. The molecule has 60 atom stereocenters. The normalized spacial score (nSPS) is 50.7. The number of ether oxygens (including phenoxy) is 23. The molecular formula is C80H134N4O59. The Hall–Kier alpha value is -4.32. The fourth-order valence-corrected chi connectivity index (χ4v) is 18.7. The summed E-state index contributed by atoms with van der Waals surface area (Å²) >= 11 is 0. The Bertz CT molecular complexity index is 3960. The molecular weight excluding hydrogens is 1960 g/mol. The van der Waals surface area contributed by atoms with Gasteiger partial charge in [0.2, 0.25) is 23.6 Å². The summed E-state index contributed by atoms with van der Waals surface area (Å²) in [5.41, 5.74) is 0. The Kier molecular flexibility index (Phi) is 41.8. The van der Waals surface area contributed by atoms with Crippen LogP contribution in [-0.4, -0.2) is 621 Å². The lowest BCUT2D eigenvalue weighted by Crippen LogP contribution is -2.71. The van der Waals surface area contributed by atoms with Crippen molar-refractivity contribution in [3.63, 3.8) is 0 Å². The molecule has 0 aliphatic carbocycles. The number of hydrogen-bond acceptors (Lipinski definition) is 59. The highest BCUT2D eigenvalue weighted by Gasteiger charge is 2.64. The molecule has 12 fully saturated rings. The first kappa shape index (κ1) is 117. The maximum Gasteiger partial charge on any atom is 0.217 e. The van der Waals surface area contributed by atoms with E-state index in [1.54, 1.807) is 0 Å². The zero-order chi connectivity index (χ0) is 105. The Morgan fingerprint density at radius 2 is 0.448 bits per heavy atom. The van der Waals surface area contributed by atoms with Gasteiger partial charge in [0.05, 0.1) is 78.3 Å². The monoisotopic (exact) mass is 2090 g/mol. The van der Waals surface area contributed by atoms with E-state index in [1.807, 2.05) is 0 Å². The molecule has 12 saturated heterocycles. The fourth-order valence-electron chi connectivity index (χ4n) is 18.7. The summed E-state index contributed by atoms with van der Waals surface area (Å²) in [6, 6.07) is -8.08.